The molecule has 0 nitrogen and oxygen atoms in total. The molecule has 27 heavy (non-hydrogen) atoms. The minimum Gasteiger partial charge on any atom is -0.0619 e. The third-order valence-electron chi connectivity index (χ3n) is 6.04. The second kappa shape index (κ2) is 5.43. The molecule has 0 N–H and O–H groups in total. The molecule has 0 saturated carbocycles. The summed E-state index contributed by atoms with van der Waals surface area (Å²) in [6.45, 7) is 0. The van der Waals surface area contributed by atoms with E-state index in [-0.39, 0.29) is 5.41 Å². The highest BCUT2D eigenvalue weighted by Gasteiger charge is 2.52. The molecule has 4 aromatic carbocycles. The standard InChI is InChI=1S/C25H14Br2/c26-21-13-5-11-19-23(21)15-7-1-3-9-17(15)25(19)18-10-4-2-8-16(18)24-20(25)12-6-14-22(24)27/h1-14H. The molecular formula is C25H14Br2. The van der Waals surface area contributed by atoms with Crippen molar-refractivity contribution in [3.05, 3.63) is 116 Å². The lowest BCUT2D eigenvalue weighted by atomic mass is 9.70. The molecule has 6 rings (SSSR count). The van der Waals surface area contributed by atoms with Crippen LogP contribution in [-0.2, 0) is 5.41 Å². The normalized spacial score (nSPS) is 14.6. The summed E-state index contributed by atoms with van der Waals surface area (Å²) in [5, 5.41) is 0. The third-order valence-corrected chi connectivity index (χ3v) is 7.36. The van der Waals surface area contributed by atoms with Gasteiger partial charge in [0.05, 0.1) is 5.41 Å². The summed E-state index contributed by atoms with van der Waals surface area (Å²) in [7, 11) is 0. The van der Waals surface area contributed by atoms with Crippen molar-refractivity contribution in [3.8, 4) is 22.3 Å². The second-order valence-electron chi connectivity index (χ2n) is 7.17. The predicted octanol–water partition coefficient (Wildman–Crippen LogP) is 7.56. The molecule has 0 saturated heterocycles. The molecule has 0 amide bonds. The number of halogens is 2. The second-order valence-corrected chi connectivity index (χ2v) is 8.87. The van der Waals surface area contributed by atoms with Gasteiger partial charge < -0.3 is 0 Å². The van der Waals surface area contributed by atoms with Gasteiger partial charge in [-0.15, -0.1) is 0 Å². The summed E-state index contributed by atoms with van der Waals surface area (Å²) in [5.74, 6) is 0. The molecule has 2 aliphatic rings. The Morgan fingerprint density at radius 3 is 1.33 bits per heavy atom. The van der Waals surface area contributed by atoms with Gasteiger partial charge in [-0.3, -0.25) is 0 Å². The highest BCUT2D eigenvalue weighted by atomic mass is 79.9. The summed E-state index contributed by atoms with van der Waals surface area (Å²) >= 11 is 7.67. The van der Waals surface area contributed by atoms with Crippen molar-refractivity contribution in [2.45, 2.75) is 5.41 Å². The van der Waals surface area contributed by atoms with Crippen molar-refractivity contribution in [3.63, 3.8) is 0 Å². The zero-order valence-electron chi connectivity index (χ0n) is 14.3. The monoisotopic (exact) mass is 472 g/mol. The fourth-order valence-corrected chi connectivity index (χ4v) is 6.31. The van der Waals surface area contributed by atoms with E-state index in [4.69, 9.17) is 0 Å². The van der Waals surface area contributed by atoms with Gasteiger partial charge >= 0.3 is 0 Å². The number of rotatable bonds is 0. The first-order chi connectivity index (χ1) is 13.2. The fraction of sp³-hybridized carbons (Fsp3) is 0.0400. The molecule has 0 heterocycles. The largest absolute Gasteiger partial charge is 0.0726 e. The minimum absolute atomic E-state index is 0.259. The third kappa shape index (κ3) is 1.78. The van der Waals surface area contributed by atoms with E-state index in [0.29, 0.717) is 0 Å². The zero-order chi connectivity index (χ0) is 18.2. The van der Waals surface area contributed by atoms with Crippen molar-refractivity contribution in [2.75, 3.05) is 0 Å². The molecule has 0 bridgehead atoms. The molecule has 1 spiro atoms. The van der Waals surface area contributed by atoms with E-state index in [1.165, 1.54) is 44.5 Å². The lowest BCUT2D eigenvalue weighted by molar-refractivity contribution is 0.793. The Balaban J connectivity index is 1.90. The van der Waals surface area contributed by atoms with E-state index in [2.05, 4.69) is 117 Å². The molecule has 2 heteroatoms. The van der Waals surface area contributed by atoms with Gasteiger partial charge in [0, 0.05) is 20.1 Å². The summed E-state index contributed by atoms with van der Waals surface area (Å²) in [5.41, 5.74) is 10.5. The zero-order valence-corrected chi connectivity index (χ0v) is 17.5. The quantitative estimate of drug-likeness (QED) is 0.213. The van der Waals surface area contributed by atoms with Crippen molar-refractivity contribution in [1.29, 1.82) is 0 Å². The Bertz CT molecular complexity index is 1150. The Labute approximate surface area is 175 Å². The highest BCUT2D eigenvalue weighted by molar-refractivity contribution is 9.11. The average Bonchev–Trinajstić information content (AvgIpc) is 3.17. The Hall–Kier alpha value is -2.16. The fourth-order valence-electron chi connectivity index (χ4n) is 5.15. The van der Waals surface area contributed by atoms with Crippen LogP contribution in [0.1, 0.15) is 22.3 Å². The molecule has 0 unspecified atom stereocenters. The Kier molecular flexibility index (Phi) is 3.19. The summed E-state index contributed by atoms with van der Waals surface area (Å²) < 4.78 is 2.32. The van der Waals surface area contributed by atoms with Crippen molar-refractivity contribution < 1.29 is 0 Å². The van der Waals surface area contributed by atoms with Crippen LogP contribution in [0.3, 0.4) is 0 Å². The number of benzene rings is 4. The molecule has 0 aliphatic heterocycles. The van der Waals surface area contributed by atoms with Crippen LogP contribution < -0.4 is 0 Å². The molecule has 2 aliphatic carbocycles. The number of fused-ring (bicyclic) bond motifs is 10. The summed E-state index contributed by atoms with van der Waals surface area (Å²) in [4.78, 5) is 0. The minimum atomic E-state index is -0.259. The van der Waals surface area contributed by atoms with E-state index >= 15 is 0 Å². The highest BCUT2D eigenvalue weighted by Crippen LogP contribution is 2.64. The van der Waals surface area contributed by atoms with Gasteiger partial charge in [-0.25, -0.2) is 0 Å². The lowest BCUT2D eigenvalue weighted by Gasteiger charge is -2.30. The van der Waals surface area contributed by atoms with Gasteiger partial charge in [0.2, 0.25) is 0 Å². The van der Waals surface area contributed by atoms with Crippen LogP contribution in [0.4, 0.5) is 0 Å². The molecule has 4 aromatic rings. The van der Waals surface area contributed by atoms with Crippen LogP contribution in [0.5, 0.6) is 0 Å². The molecule has 128 valence electrons. The van der Waals surface area contributed by atoms with Crippen molar-refractivity contribution >= 4 is 31.9 Å². The van der Waals surface area contributed by atoms with E-state index in [0.717, 1.165) is 8.95 Å². The number of hydrogen-bond donors (Lipinski definition) is 0. The molecule has 0 fully saturated rings. The first kappa shape index (κ1) is 15.9. The van der Waals surface area contributed by atoms with Gasteiger partial charge in [0.1, 0.15) is 0 Å². The lowest BCUT2D eigenvalue weighted by Crippen LogP contribution is -2.25. The summed E-state index contributed by atoms with van der Waals surface area (Å²) in [6.07, 6.45) is 0. The van der Waals surface area contributed by atoms with E-state index < -0.39 is 0 Å². The van der Waals surface area contributed by atoms with Crippen molar-refractivity contribution in [2.24, 2.45) is 0 Å². The maximum Gasteiger partial charge on any atom is 0.0726 e. The molecule has 0 radical (unpaired) electrons. The van der Waals surface area contributed by atoms with E-state index in [1.54, 1.807) is 0 Å². The molecule has 0 atom stereocenters. The Morgan fingerprint density at radius 1 is 0.444 bits per heavy atom. The predicted molar refractivity (Wildman–Crippen MR) is 118 cm³/mol. The van der Waals surface area contributed by atoms with Crippen molar-refractivity contribution in [1.82, 2.24) is 0 Å². The molecular weight excluding hydrogens is 460 g/mol. The van der Waals surface area contributed by atoms with Crippen LogP contribution in [0.25, 0.3) is 22.3 Å². The van der Waals surface area contributed by atoms with Gasteiger partial charge in [-0.05, 0) is 45.5 Å². The van der Waals surface area contributed by atoms with E-state index in [1.807, 2.05) is 0 Å². The van der Waals surface area contributed by atoms with Gasteiger partial charge in [0.25, 0.3) is 0 Å². The Morgan fingerprint density at radius 2 is 0.852 bits per heavy atom. The van der Waals surface area contributed by atoms with Crippen LogP contribution in [0.2, 0.25) is 0 Å². The van der Waals surface area contributed by atoms with Gasteiger partial charge in [0.15, 0.2) is 0 Å². The number of hydrogen-bond acceptors (Lipinski definition) is 0. The maximum atomic E-state index is 3.83. The SMILES string of the molecule is Brc1cccc2c1-c1ccccc1C21c2ccccc2-c2c(Br)cccc21. The van der Waals surface area contributed by atoms with Crippen LogP contribution in [0.15, 0.2) is 93.9 Å². The average molecular weight is 474 g/mol. The molecule has 0 aromatic heterocycles. The van der Waals surface area contributed by atoms with Crippen LogP contribution >= 0.6 is 31.9 Å². The smallest absolute Gasteiger partial charge is 0.0619 e. The first-order valence-electron chi connectivity index (χ1n) is 9.02. The first-order valence-corrected chi connectivity index (χ1v) is 10.6. The topological polar surface area (TPSA) is 0 Å². The summed E-state index contributed by atoms with van der Waals surface area (Å²) in [6, 6.07) is 31.0. The maximum absolute atomic E-state index is 3.83. The van der Waals surface area contributed by atoms with E-state index in [9.17, 15) is 0 Å². The van der Waals surface area contributed by atoms with Gasteiger partial charge in [-0.1, -0.05) is 105 Å². The van der Waals surface area contributed by atoms with Gasteiger partial charge in [-0.2, -0.15) is 0 Å². The van der Waals surface area contributed by atoms with Crippen LogP contribution in [-0.4, -0.2) is 0 Å². The van der Waals surface area contributed by atoms with Crippen LogP contribution in [0, 0.1) is 0 Å².